The Morgan fingerprint density at radius 2 is 1.89 bits per heavy atom. The first-order valence-electron chi connectivity index (χ1n) is 6.26. The molecule has 6 heteroatoms. The normalized spacial score (nSPS) is 42.2. The largest absolute Gasteiger partial charge is 0.447 e. The Bertz CT molecular complexity index is 567. The standard InChI is InChI=1S/C13H12N4O2/c14-5-11(6-15)8-18-13-4-2-1-3-9(13)12(11,7-16)10(17)19-13/h9,17H,1-4,8H2/t9-,12-,13-/m0/s1. The molecule has 6 nitrogen and oxygen atoms in total. The molecule has 0 aromatic carbocycles. The van der Waals surface area contributed by atoms with Crippen molar-refractivity contribution in [3.05, 3.63) is 0 Å². The van der Waals surface area contributed by atoms with E-state index in [2.05, 4.69) is 6.07 Å². The molecular formula is C13H12N4O2. The second-order valence-corrected chi connectivity index (χ2v) is 5.38. The van der Waals surface area contributed by atoms with Gasteiger partial charge >= 0.3 is 0 Å². The van der Waals surface area contributed by atoms with Crippen molar-refractivity contribution in [3.8, 4) is 18.2 Å². The third-order valence-electron chi connectivity index (χ3n) is 4.72. The predicted octanol–water partition coefficient (Wildman–Crippen LogP) is 1.45. The van der Waals surface area contributed by atoms with Crippen molar-refractivity contribution >= 4 is 5.90 Å². The van der Waals surface area contributed by atoms with Crippen LogP contribution in [-0.4, -0.2) is 18.3 Å². The van der Waals surface area contributed by atoms with Crippen LogP contribution in [0.5, 0.6) is 0 Å². The smallest absolute Gasteiger partial charge is 0.217 e. The van der Waals surface area contributed by atoms with Gasteiger partial charge in [-0.15, -0.1) is 0 Å². The first-order chi connectivity index (χ1) is 9.11. The molecular weight excluding hydrogens is 244 g/mol. The van der Waals surface area contributed by atoms with Gasteiger partial charge in [-0.25, -0.2) is 0 Å². The van der Waals surface area contributed by atoms with E-state index in [-0.39, 0.29) is 12.5 Å². The van der Waals surface area contributed by atoms with Crippen LogP contribution in [0, 0.1) is 56.2 Å². The van der Waals surface area contributed by atoms with E-state index in [4.69, 9.17) is 14.9 Å². The monoisotopic (exact) mass is 256 g/mol. The molecule has 3 atom stereocenters. The van der Waals surface area contributed by atoms with Crippen LogP contribution in [0.25, 0.3) is 0 Å². The molecule has 3 fully saturated rings. The summed E-state index contributed by atoms with van der Waals surface area (Å²) in [6.45, 7) is -0.174. The van der Waals surface area contributed by atoms with E-state index in [1.54, 1.807) is 0 Å². The van der Waals surface area contributed by atoms with Gasteiger partial charge in [0.25, 0.3) is 0 Å². The van der Waals surface area contributed by atoms with Crippen LogP contribution >= 0.6 is 0 Å². The first kappa shape index (κ1) is 12.0. The summed E-state index contributed by atoms with van der Waals surface area (Å²) in [7, 11) is 0. The summed E-state index contributed by atoms with van der Waals surface area (Å²) in [5, 5.41) is 36.5. The number of hydrogen-bond donors (Lipinski definition) is 1. The minimum absolute atomic E-state index is 0.174. The SMILES string of the molecule is N#CC1(C#N)CO[C@]23CCCC[C@H]2[C@@]1(C#N)C(=N)O3. The molecule has 0 unspecified atom stereocenters. The molecule has 2 bridgehead atoms. The van der Waals surface area contributed by atoms with Crippen LogP contribution in [0.15, 0.2) is 0 Å². The molecule has 3 aliphatic rings. The summed E-state index contributed by atoms with van der Waals surface area (Å²) < 4.78 is 11.3. The van der Waals surface area contributed by atoms with E-state index in [0.29, 0.717) is 12.8 Å². The van der Waals surface area contributed by atoms with Gasteiger partial charge in [-0.3, -0.25) is 5.41 Å². The molecule has 1 aliphatic carbocycles. The summed E-state index contributed by atoms with van der Waals surface area (Å²) in [6.07, 6.45) is 3.04. The maximum atomic E-state index is 9.64. The molecule has 1 N–H and O–H groups in total. The van der Waals surface area contributed by atoms with E-state index in [9.17, 15) is 15.8 Å². The van der Waals surface area contributed by atoms with Crippen LogP contribution in [0.1, 0.15) is 25.7 Å². The average Bonchev–Trinajstić information content (AvgIpc) is 2.65. The summed E-state index contributed by atoms with van der Waals surface area (Å²) in [4.78, 5) is 0. The van der Waals surface area contributed by atoms with Crippen LogP contribution in [-0.2, 0) is 9.47 Å². The number of hydrogen-bond acceptors (Lipinski definition) is 6. The number of nitrogens with one attached hydrogen (secondary N) is 1. The van der Waals surface area contributed by atoms with Gasteiger partial charge < -0.3 is 9.47 Å². The molecule has 0 aromatic rings. The van der Waals surface area contributed by atoms with Gasteiger partial charge in [0.05, 0.1) is 30.7 Å². The van der Waals surface area contributed by atoms with E-state index in [1.165, 1.54) is 0 Å². The highest BCUT2D eigenvalue weighted by Crippen LogP contribution is 2.64. The number of nitriles is 3. The van der Waals surface area contributed by atoms with Crippen molar-refractivity contribution < 1.29 is 9.47 Å². The van der Waals surface area contributed by atoms with Gasteiger partial charge in [-0.1, -0.05) is 6.42 Å². The fraction of sp³-hybridized carbons (Fsp3) is 0.692. The molecule has 96 valence electrons. The minimum Gasteiger partial charge on any atom is -0.447 e. The molecule has 2 saturated heterocycles. The van der Waals surface area contributed by atoms with Crippen molar-refractivity contribution in [2.45, 2.75) is 31.5 Å². The van der Waals surface area contributed by atoms with Gasteiger partial charge in [0.1, 0.15) is 0 Å². The third-order valence-corrected chi connectivity index (χ3v) is 4.72. The molecule has 0 radical (unpaired) electrons. The van der Waals surface area contributed by atoms with Gasteiger partial charge in [0.2, 0.25) is 11.7 Å². The third kappa shape index (κ3) is 1.06. The Labute approximate surface area is 110 Å². The highest BCUT2D eigenvalue weighted by atomic mass is 16.7. The summed E-state index contributed by atoms with van der Waals surface area (Å²) in [5.41, 5.74) is -3.14. The van der Waals surface area contributed by atoms with E-state index in [0.717, 1.165) is 12.8 Å². The topological polar surface area (TPSA) is 114 Å². The molecule has 19 heavy (non-hydrogen) atoms. The lowest BCUT2D eigenvalue weighted by atomic mass is 9.54. The summed E-state index contributed by atoms with van der Waals surface area (Å²) in [6, 6.07) is 5.91. The van der Waals surface area contributed by atoms with Crippen molar-refractivity contribution in [2.24, 2.45) is 16.7 Å². The second-order valence-electron chi connectivity index (χ2n) is 5.38. The van der Waals surface area contributed by atoms with Gasteiger partial charge in [-0.05, 0) is 12.8 Å². The van der Waals surface area contributed by atoms with Crippen LogP contribution in [0.2, 0.25) is 0 Å². The molecule has 2 aliphatic heterocycles. The van der Waals surface area contributed by atoms with E-state index < -0.39 is 22.5 Å². The maximum Gasteiger partial charge on any atom is 0.217 e. The molecule has 1 saturated carbocycles. The second kappa shape index (κ2) is 3.47. The Balaban J connectivity index is 2.25. The zero-order valence-electron chi connectivity index (χ0n) is 10.3. The first-order valence-corrected chi connectivity index (χ1v) is 6.26. The fourth-order valence-corrected chi connectivity index (χ4v) is 3.72. The number of rotatable bonds is 0. The predicted molar refractivity (Wildman–Crippen MR) is 61.2 cm³/mol. The Morgan fingerprint density at radius 1 is 1.16 bits per heavy atom. The summed E-state index contributed by atoms with van der Waals surface area (Å²) >= 11 is 0. The molecule has 2 heterocycles. The lowest BCUT2D eigenvalue weighted by Gasteiger charge is -2.47. The molecule has 0 amide bonds. The molecule has 3 rings (SSSR count). The fourth-order valence-electron chi connectivity index (χ4n) is 3.72. The van der Waals surface area contributed by atoms with Crippen molar-refractivity contribution in [3.63, 3.8) is 0 Å². The zero-order valence-corrected chi connectivity index (χ0v) is 10.3. The quantitative estimate of drug-likeness (QED) is 0.704. The number of ether oxygens (including phenoxy) is 2. The van der Waals surface area contributed by atoms with Crippen molar-refractivity contribution in [1.29, 1.82) is 21.2 Å². The van der Waals surface area contributed by atoms with Crippen LogP contribution in [0.3, 0.4) is 0 Å². The molecule has 0 spiro atoms. The van der Waals surface area contributed by atoms with Gasteiger partial charge in [0.15, 0.2) is 10.8 Å². The van der Waals surface area contributed by atoms with Crippen LogP contribution in [0.4, 0.5) is 0 Å². The Hall–Kier alpha value is -2.10. The van der Waals surface area contributed by atoms with Gasteiger partial charge in [-0.2, -0.15) is 15.8 Å². The lowest BCUT2D eigenvalue weighted by molar-refractivity contribution is -0.260. The highest BCUT2D eigenvalue weighted by molar-refractivity contribution is 5.89. The van der Waals surface area contributed by atoms with Crippen molar-refractivity contribution in [2.75, 3.05) is 6.61 Å². The summed E-state index contributed by atoms with van der Waals surface area (Å²) in [5.74, 6) is -1.65. The maximum absolute atomic E-state index is 9.64. The number of nitrogens with zero attached hydrogens (tertiary/aromatic N) is 3. The lowest BCUT2D eigenvalue weighted by Crippen LogP contribution is -2.59. The Morgan fingerprint density at radius 3 is 2.53 bits per heavy atom. The van der Waals surface area contributed by atoms with Gasteiger partial charge in [0, 0.05) is 6.42 Å². The minimum atomic E-state index is -1.65. The highest BCUT2D eigenvalue weighted by Gasteiger charge is 2.77. The van der Waals surface area contributed by atoms with Crippen molar-refractivity contribution in [1.82, 2.24) is 0 Å². The molecule has 0 aromatic heterocycles. The zero-order chi connectivity index (χ0) is 13.7. The average molecular weight is 256 g/mol. The van der Waals surface area contributed by atoms with Crippen LogP contribution < -0.4 is 0 Å². The Kier molecular flexibility index (Phi) is 2.18. The van der Waals surface area contributed by atoms with E-state index in [1.807, 2.05) is 12.1 Å². The van der Waals surface area contributed by atoms with E-state index >= 15 is 0 Å².